The molecule has 22 heteroatoms. The predicted molar refractivity (Wildman–Crippen MR) is 210 cm³/mol. The van der Waals surface area contributed by atoms with Gasteiger partial charge in [0.05, 0.1) is 39.1 Å². The van der Waals surface area contributed by atoms with Crippen LogP contribution in [0.5, 0.6) is 0 Å². The average molecular weight is 845 g/mol. The number of thiocarbonyl (C=S) groups is 2. The van der Waals surface area contributed by atoms with Gasteiger partial charge in [0.1, 0.15) is 48.8 Å². The van der Waals surface area contributed by atoms with Crippen molar-refractivity contribution in [1.82, 2.24) is 10.6 Å². The molecule has 0 aliphatic carbocycles. The van der Waals surface area contributed by atoms with Gasteiger partial charge in [0.15, 0.2) is 22.8 Å². The zero-order valence-electron chi connectivity index (χ0n) is 29.7. The first-order valence-corrected chi connectivity index (χ1v) is 20.4. The molecule has 12 N–H and O–H groups in total. The molecule has 2 saturated heterocycles. The third-order valence-corrected chi connectivity index (χ3v) is 10.7. The molecule has 2 aliphatic heterocycles. The van der Waals surface area contributed by atoms with Crippen molar-refractivity contribution in [3.63, 3.8) is 0 Å². The number of esters is 1. The number of hydrogen-bond donors (Lipinski definition) is 12. The number of hydrogen-bond acceptors (Lipinski definition) is 18. The van der Waals surface area contributed by atoms with Crippen LogP contribution in [0.2, 0.25) is 0 Å². The first-order valence-electron chi connectivity index (χ1n) is 17.2. The number of aliphatic hydroxyl groups is 8. The lowest BCUT2D eigenvalue weighted by Gasteiger charge is -2.39. The minimum absolute atomic E-state index is 0.239. The Morgan fingerprint density at radius 3 is 1.50 bits per heavy atom. The second kappa shape index (κ2) is 24.8. The molecule has 54 heavy (non-hydrogen) atoms. The van der Waals surface area contributed by atoms with Gasteiger partial charge < -0.3 is 85.8 Å². The Labute approximate surface area is 332 Å². The Hall–Kier alpha value is -1.71. The van der Waals surface area contributed by atoms with Crippen molar-refractivity contribution in [2.24, 2.45) is 0 Å². The maximum atomic E-state index is 12.4. The first-order chi connectivity index (χ1) is 25.9. The number of benzene rings is 1. The maximum absolute atomic E-state index is 12.4. The van der Waals surface area contributed by atoms with Gasteiger partial charge in [-0.05, 0) is 67.0 Å². The molecule has 0 saturated carbocycles. The second-order valence-electron chi connectivity index (χ2n) is 12.1. The van der Waals surface area contributed by atoms with Crippen LogP contribution in [0.25, 0.3) is 0 Å². The van der Waals surface area contributed by atoms with E-state index in [0.717, 1.165) is 11.5 Å². The number of aliphatic hydroxyl groups excluding tert-OH is 8. The number of nitrogens with one attached hydrogen (secondary N) is 4. The lowest BCUT2D eigenvalue weighted by atomic mass is 9.99. The van der Waals surface area contributed by atoms with Gasteiger partial charge in [-0.3, -0.25) is 0 Å². The molecule has 2 fully saturated rings. The van der Waals surface area contributed by atoms with Gasteiger partial charge in [-0.15, -0.1) is 0 Å². The largest absolute Gasteiger partial charge is 0.465 e. The fourth-order valence-corrected chi connectivity index (χ4v) is 7.15. The molecular weight excluding hydrogens is 793 g/mol. The molecule has 3 rings (SSSR count). The SMILES string of the molecule is COC(=O)c1cc(NC(=S)NCCSCCCO[C@H]2O[C@@H](CO)[C@@H](O)[C@H](O)[C@H]2O)cc(NC(=S)NCCSCCCO[C@H]2O[C@@H](CO)[C@@H](O)[C@H](O)[C@H]2O)c1. The van der Waals surface area contributed by atoms with E-state index in [2.05, 4.69) is 21.3 Å². The number of methoxy groups -OCH3 is 1. The molecular formula is C32H52N4O14S4. The van der Waals surface area contributed by atoms with Gasteiger partial charge in [0.2, 0.25) is 0 Å². The Kier molecular flexibility index (Phi) is 21.5. The van der Waals surface area contributed by atoms with Crippen LogP contribution in [0.15, 0.2) is 18.2 Å². The van der Waals surface area contributed by atoms with Crippen molar-refractivity contribution >= 4 is 75.5 Å². The van der Waals surface area contributed by atoms with Crippen molar-refractivity contribution in [2.75, 3.05) is 80.3 Å². The molecule has 308 valence electrons. The van der Waals surface area contributed by atoms with Crippen LogP contribution in [0.4, 0.5) is 11.4 Å². The van der Waals surface area contributed by atoms with E-state index in [1.807, 2.05) is 0 Å². The topological polar surface area (TPSA) is 273 Å². The van der Waals surface area contributed by atoms with Gasteiger partial charge in [-0.2, -0.15) is 23.5 Å². The highest BCUT2D eigenvalue weighted by Gasteiger charge is 2.45. The monoisotopic (exact) mass is 844 g/mol. The normalized spacial score (nSPS) is 28.2. The van der Waals surface area contributed by atoms with Crippen LogP contribution in [0.3, 0.4) is 0 Å². The van der Waals surface area contributed by atoms with E-state index in [1.54, 1.807) is 41.7 Å². The summed E-state index contributed by atoms with van der Waals surface area (Å²) in [5, 5.41) is 91.1. The highest BCUT2D eigenvalue weighted by Crippen LogP contribution is 2.24. The highest BCUT2D eigenvalue weighted by atomic mass is 32.2. The van der Waals surface area contributed by atoms with Gasteiger partial charge in [-0.25, -0.2) is 4.79 Å². The van der Waals surface area contributed by atoms with Gasteiger partial charge in [-0.1, -0.05) is 0 Å². The van der Waals surface area contributed by atoms with Gasteiger partial charge in [0.25, 0.3) is 0 Å². The van der Waals surface area contributed by atoms with Crippen molar-refractivity contribution in [2.45, 2.75) is 74.3 Å². The minimum Gasteiger partial charge on any atom is -0.465 e. The molecule has 0 spiro atoms. The van der Waals surface area contributed by atoms with E-state index in [1.165, 1.54) is 7.11 Å². The summed E-state index contributed by atoms with van der Waals surface area (Å²) in [6, 6.07) is 4.94. The standard InChI is InChI=1S/C32H52N4O14S4/c1-46-28(45)17-12-18(35-31(51)33-4-10-53-8-2-6-47-29-26(43)24(41)22(39)20(15-37)49-29)14-19(13-17)36-32(52)34-5-11-54-9-3-7-48-30-27(44)25(42)23(40)21(16-38)50-30/h12-14,20-27,29-30,37-44H,2-11,15-16H2,1H3,(H2,33,35,51)(H2,34,36,52)/t20-,21-,22+,23+,24-,25-,26+,27+,29-,30-/m0/s1. The summed E-state index contributed by atoms with van der Waals surface area (Å²) < 4.78 is 26.6. The molecule has 0 radical (unpaired) electrons. The van der Waals surface area contributed by atoms with Gasteiger partial charge >= 0.3 is 5.97 Å². The quantitative estimate of drug-likeness (QED) is 0.0360. The molecule has 2 aliphatic rings. The zero-order chi connectivity index (χ0) is 39.6. The number of carbonyl (C=O) groups is 1. The van der Waals surface area contributed by atoms with Crippen LogP contribution in [-0.4, -0.2) is 188 Å². The van der Waals surface area contributed by atoms with Crippen LogP contribution in [0.1, 0.15) is 23.2 Å². The maximum Gasteiger partial charge on any atom is 0.337 e. The molecule has 0 bridgehead atoms. The van der Waals surface area contributed by atoms with E-state index in [0.29, 0.717) is 59.0 Å². The minimum atomic E-state index is -1.48. The molecule has 0 unspecified atom stereocenters. The van der Waals surface area contributed by atoms with E-state index >= 15 is 0 Å². The van der Waals surface area contributed by atoms with E-state index in [-0.39, 0.29) is 18.8 Å². The number of anilines is 2. The van der Waals surface area contributed by atoms with E-state index in [4.69, 9.17) is 48.1 Å². The number of carbonyl (C=O) groups excluding carboxylic acids is 1. The second-order valence-corrected chi connectivity index (χ2v) is 15.4. The third-order valence-electron chi connectivity index (χ3n) is 8.06. The summed E-state index contributed by atoms with van der Waals surface area (Å²) in [5.41, 5.74) is 1.33. The van der Waals surface area contributed by atoms with Crippen molar-refractivity contribution in [3.05, 3.63) is 23.8 Å². The number of rotatable bonds is 21. The molecule has 18 nitrogen and oxygen atoms in total. The first kappa shape index (κ1) is 46.7. The molecule has 10 atom stereocenters. The summed E-state index contributed by atoms with van der Waals surface area (Å²) in [5.74, 6) is 2.34. The number of ether oxygens (including phenoxy) is 5. The van der Waals surface area contributed by atoms with E-state index in [9.17, 15) is 45.6 Å². The van der Waals surface area contributed by atoms with Crippen LogP contribution in [-0.2, 0) is 23.7 Å². The Morgan fingerprint density at radius 2 is 1.11 bits per heavy atom. The van der Waals surface area contributed by atoms with Crippen LogP contribution in [0, 0.1) is 0 Å². The number of thioether (sulfide) groups is 2. The summed E-state index contributed by atoms with van der Waals surface area (Å²) in [6.07, 6.45) is -11.8. The smallest absolute Gasteiger partial charge is 0.337 e. The Morgan fingerprint density at radius 1 is 0.685 bits per heavy atom. The van der Waals surface area contributed by atoms with Crippen molar-refractivity contribution in [3.8, 4) is 0 Å². The van der Waals surface area contributed by atoms with Gasteiger partial charge in [0, 0.05) is 36.0 Å². The van der Waals surface area contributed by atoms with Crippen LogP contribution >= 0.6 is 48.0 Å². The summed E-state index contributed by atoms with van der Waals surface area (Å²) in [6.45, 7) is 0.531. The Balaban J connectivity index is 1.30. The molecule has 2 heterocycles. The van der Waals surface area contributed by atoms with E-state index < -0.39 is 80.6 Å². The van der Waals surface area contributed by atoms with Crippen molar-refractivity contribution in [1.29, 1.82) is 0 Å². The summed E-state index contributed by atoms with van der Waals surface area (Å²) >= 11 is 14.1. The zero-order valence-corrected chi connectivity index (χ0v) is 32.9. The third kappa shape index (κ3) is 15.0. The highest BCUT2D eigenvalue weighted by molar-refractivity contribution is 7.99. The fraction of sp³-hybridized carbons (Fsp3) is 0.719. The lowest BCUT2D eigenvalue weighted by Crippen LogP contribution is -2.59. The summed E-state index contributed by atoms with van der Waals surface area (Å²) in [4.78, 5) is 12.4. The molecule has 0 aromatic heterocycles. The van der Waals surface area contributed by atoms with Crippen molar-refractivity contribution < 1.29 is 69.3 Å². The lowest BCUT2D eigenvalue weighted by molar-refractivity contribution is -0.300. The fourth-order valence-electron chi connectivity index (χ4n) is 5.17. The Bertz CT molecular complexity index is 1220. The van der Waals surface area contributed by atoms with Crippen LogP contribution < -0.4 is 21.3 Å². The average Bonchev–Trinajstić information content (AvgIpc) is 3.16. The molecule has 0 amide bonds. The predicted octanol–water partition coefficient (Wildman–Crippen LogP) is -2.07. The summed E-state index contributed by atoms with van der Waals surface area (Å²) in [7, 11) is 1.28. The molecule has 1 aromatic rings. The molecule has 1 aromatic carbocycles.